The average Bonchev–Trinajstić information content (AvgIpc) is 2.93. The number of Topliss-reactive ketones (excluding diaryl/α,β-unsaturated/α-hetero) is 2. The van der Waals surface area contributed by atoms with E-state index >= 15 is 0 Å². The molecule has 2 aromatic rings. The Hall–Kier alpha value is -2.35. The van der Waals surface area contributed by atoms with E-state index in [-0.39, 0.29) is 27.8 Å². The van der Waals surface area contributed by atoms with Gasteiger partial charge in [0.25, 0.3) is 0 Å². The van der Waals surface area contributed by atoms with Crippen molar-refractivity contribution in [2.24, 2.45) is 0 Å². The van der Waals surface area contributed by atoms with E-state index in [1.807, 2.05) is 0 Å². The van der Waals surface area contributed by atoms with Gasteiger partial charge in [-0.15, -0.1) is 0 Å². The summed E-state index contributed by atoms with van der Waals surface area (Å²) in [6.45, 7) is -1.06. The molecule has 0 amide bonds. The summed E-state index contributed by atoms with van der Waals surface area (Å²) < 4.78 is 26.7. The van der Waals surface area contributed by atoms with E-state index in [1.165, 1.54) is 0 Å². The maximum Gasteiger partial charge on any atom is 0.352 e. The average molecular weight is 386 g/mol. The van der Waals surface area contributed by atoms with Crippen molar-refractivity contribution in [3.05, 3.63) is 57.6 Å². The Morgan fingerprint density at radius 1 is 1.13 bits per heavy atom. The number of carbonyl (C=O) groups excluding carboxylic acids is 2. The van der Waals surface area contributed by atoms with Crippen LogP contribution in [0.4, 0.5) is 8.78 Å². The third-order valence-corrected chi connectivity index (χ3v) is 3.70. The first-order valence-corrected chi connectivity index (χ1v) is 7.18. The number of carboxylic acid groups (broad SMARTS) is 1. The van der Waals surface area contributed by atoms with Crippen LogP contribution in [0, 0.1) is 5.82 Å². The molecular formula is C15H10BrF2NO4. The molecule has 0 radical (unpaired) electrons. The Kier molecular flexibility index (Phi) is 5.05. The second-order valence-corrected chi connectivity index (χ2v) is 5.44. The first-order chi connectivity index (χ1) is 10.8. The zero-order valence-corrected chi connectivity index (χ0v) is 13.1. The number of halogens is 3. The topological polar surface area (TPSA) is 76.4 Å². The molecule has 0 fully saturated rings. The number of benzene rings is 1. The lowest BCUT2D eigenvalue weighted by Crippen LogP contribution is -2.14. The van der Waals surface area contributed by atoms with Gasteiger partial charge in [0.15, 0.2) is 0 Å². The Bertz CT molecular complexity index is 801. The van der Waals surface area contributed by atoms with E-state index in [4.69, 9.17) is 5.11 Å². The van der Waals surface area contributed by atoms with Gasteiger partial charge in [0.1, 0.15) is 18.2 Å². The molecule has 0 saturated heterocycles. The second kappa shape index (κ2) is 6.82. The van der Waals surface area contributed by atoms with Crippen LogP contribution in [0.25, 0.3) is 0 Å². The molecule has 0 aliphatic heterocycles. The summed E-state index contributed by atoms with van der Waals surface area (Å²) in [5.74, 6) is -3.80. The Labute approximate surface area is 137 Å². The first-order valence-electron chi connectivity index (χ1n) is 6.38. The van der Waals surface area contributed by atoms with Gasteiger partial charge < -0.3 is 9.67 Å². The minimum absolute atomic E-state index is 0.0253. The lowest BCUT2D eigenvalue weighted by atomic mass is 10.0. The fourth-order valence-electron chi connectivity index (χ4n) is 1.99. The largest absolute Gasteiger partial charge is 0.477 e. The summed E-state index contributed by atoms with van der Waals surface area (Å²) in [6.07, 6.45) is 1.11. The summed E-state index contributed by atoms with van der Waals surface area (Å²) in [6, 6.07) is 4.35. The van der Waals surface area contributed by atoms with Gasteiger partial charge in [-0.1, -0.05) is 0 Å². The maximum absolute atomic E-state index is 13.2. The molecule has 0 aliphatic rings. The molecule has 0 unspecified atom stereocenters. The number of alkyl halides is 1. The highest BCUT2D eigenvalue weighted by Crippen LogP contribution is 2.19. The summed E-state index contributed by atoms with van der Waals surface area (Å²) in [7, 11) is 0. The predicted octanol–water partition coefficient (Wildman–Crippen LogP) is 3.12. The molecule has 0 atom stereocenters. The van der Waals surface area contributed by atoms with Crippen LogP contribution in [-0.2, 0) is 6.54 Å². The molecule has 23 heavy (non-hydrogen) atoms. The third-order valence-electron chi connectivity index (χ3n) is 3.09. The molecule has 0 bridgehead atoms. The highest BCUT2D eigenvalue weighted by molar-refractivity contribution is 9.10. The molecule has 1 aromatic carbocycles. The van der Waals surface area contributed by atoms with Crippen LogP contribution in [0.3, 0.4) is 0 Å². The van der Waals surface area contributed by atoms with E-state index in [1.54, 1.807) is 0 Å². The minimum atomic E-state index is -1.34. The van der Waals surface area contributed by atoms with Gasteiger partial charge in [0, 0.05) is 17.3 Å². The van der Waals surface area contributed by atoms with E-state index in [0.717, 1.165) is 35.0 Å². The fourth-order valence-corrected chi connectivity index (χ4v) is 2.37. The van der Waals surface area contributed by atoms with E-state index in [0.29, 0.717) is 0 Å². The number of aromatic nitrogens is 1. The molecule has 120 valence electrons. The van der Waals surface area contributed by atoms with Crippen LogP contribution in [0.2, 0.25) is 0 Å². The Morgan fingerprint density at radius 2 is 1.78 bits per heavy atom. The molecule has 1 aromatic heterocycles. The highest BCUT2D eigenvalue weighted by Gasteiger charge is 2.23. The third kappa shape index (κ3) is 3.53. The van der Waals surface area contributed by atoms with Crippen molar-refractivity contribution in [2.45, 2.75) is 6.54 Å². The molecule has 5 nitrogen and oxygen atoms in total. The number of carboxylic acids is 1. The summed E-state index contributed by atoms with van der Waals surface area (Å²) in [5, 5.41) is 9.02. The molecule has 0 saturated carbocycles. The van der Waals surface area contributed by atoms with E-state index in [9.17, 15) is 23.2 Å². The second-order valence-electron chi connectivity index (χ2n) is 4.59. The van der Waals surface area contributed by atoms with Crippen molar-refractivity contribution >= 4 is 33.5 Å². The lowest BCUT2D eigenvalue weighted by Gasteiger charge is -2.01. The van der Waals surface area contributed by atoms with Crippen molar-refractivity contribution in [1.29, 1.82) is 0 Å². The molecular weight excluding hydrogens is 376 g/mol. The molecule has 2 rings (SSSR count). The minimum Gasteiger partial charge on any atom is -0.477 e. The standard InChI is InChI=1S/C15H10BrF2NO4/c16-10-5-8(1-2-11(10)18)13(20)14(21)9-6-12(15(22)23)19(7-9)4-3-17/h1-2,5-7H,3-4H2,(H,22,23). The van der Waals surface area contributed by atoms with Gasteiger partial charge >= 0.3 is 5.97 Å². The quantitative estimate of drug-likeness (QED) is 0.612. The first kappa shape index (κ1) is 17.0. The maximum atomic E-state index is 13.2. The van der Waals surface area contributed by atoms with Gasteiger partial charge in [-0.05, 0) is 40.2 Å². The van der Waals surface area contributed by atoms with Gasteiger partial charge in [0.2, 0.25) is 11.6 Å². The number of nitrogens with zero attached hydrogens (tertiary/aromatic N) is 1. The number of hydrogen-bond donors (Lipinski definition) is 1. The number of rotatable bonds is 6. The van der Waals surface area contributed by atoms with Gasteiger partial charge in [-0.2, -0.15) is 0 Å². The normalized spacial score (nSPS) is 10.6. The van der Waals surface area contributed by atoms with Crippen LogP contribution in [0.5, 0.6) is 0 Å². The SMILES string of the molecule is O=C(C(=O)c1cc(C(=O)O)n(CCF)c1)c1ccc(F)c(Br)c1. The van der Waals surface area contributed by atoms with Crippen LogP contribution < -0.4 is 0 Å². The Balaban J connectivity index is 2.35. The number of aromatic carboxylic acids is 1. The molecule has 0 spiro atoms. The van der Waals surface area contributed by atoms with Gasteiger partial charge in [-0.25, -0.2) is 13.6 Å². The van der Waals surface area contributed by atoms with Crippen LogP contribution in [-0.4, -0.2) is 33.9 Å². The van der Waals surface area contributed by atoms with Crippen LogP contribution in [0.1, 0.15) is 31.2 Å². The number of ketones is 2. The highest BCUT2D eigenvalue weighted by atomic mass is 79.9. The molecule has 1 heterocycles. The zero-order chi connectivity index (χ0) is 17.1. The number of carbonyl (C=O) groups is 3. The number of aryl methyl sites for hydroxylation is 1. The fraction of sp³-hybridized carbons (Fsp3) is 0.133. The number of hydrogen-bond acceptors (Lipinski definition) is 3. The summed E-state index contributed by atoms with van der Waals surface area (Å²) in [4.78, 5) is 35.4. The summed E-state index contributed by atoms with van der Waals surface area (Å²) >= 11 is 2.91. The van der Waals surface area contributed by atoms with Gasteiger partial charge in [-0.3, -0.25) is 9.59 Å². The summed E-state index contributed by atoms with van der Waals surface area (Å²) in [5.41, 5.74) is -0.501. The zero-order valence-electron chi connectivity index (χ0n) is 11.6. The molecule has 1 N–H and O–H groups in total. The smallest absolute Gasteiger partial charge is 0.352 e. The van der Waals surface area contributed by atoms with E-state index < -0.39 is 30.0 Å². The Morgan fingerprint density at radius 3 is 2.35 bits per heavy atom. The van der Waals surface area contributed by atoms with Crippen molar-refractivity contribution in [3.8, 4) is 0 Å². The van der Waals surface area contributed by atoms with Crippen LogP contribution in [0.15, 0.2) is 34.9 Å². The van der Waals surface area contributed by atoms with E-state index in [2.05, 4.69) is 15.9 Å². The van der Waals surface area contributed by atoms with Crippen molar-refractivity contribution in [1.82, 2.24) is 4.57 Å². The van der Waals surface area contributed by atoms with Gasteiger partial charge in [0.05, 0.1) is 11.0 Å². The predicted molar refractivity (Wildman–Crippen MR) is 80.1 cm³/mol. The lowest BCUT2D eigenvalue weighted by molar-refractivity contribution is 0.0684. The van der Waals surface area contributed by atoms with Crippen molar-refractivity contribution < 1.29 is 28.3 Å². The molecule has 8 heteroatoms. The molecule has 0 aliphatic carbocycles. The van der Waals surface area contributed by atoms with Crippen molar-refractivity contribution in [2.75, 3.05) is 6.67 Å². The van der Waals surface area contributed by atoms with Crippen molar-refractivity contribution in [3.63, 3.8) is 0 Å². The monoisotopic (exact) mass is 385 g/mol. The van der Waals surface area contributed by atoms with Crippen LogP contribution >= 0.6 is 15.9 Å².